The minimum atomic E-state index is 0.969. The van der Waals surface area contributed by atoms with Gasteiger partial charge in [0.05, 0.1) is 53.4 Å². The lowest BCUT2D eigenvalue weighted by Crippen LogP contribution is -2.60. The number of hydrogen-bond acceptors (Lipinski definition) is 0. The molecule has 0 radical (unpaired) electrons. The minimum absolute atomic E-state index is 0.969. The van der Waals surface area contributed by atoms with Crippen LogP contribution in [0.3, 0.4) is 0 Å². The van der Waals surface area contributed by atoms with Gasteiger partial charge in [-0.1, -0.05) is 43.6 Å². The summed E-state index contributed by atoms with van der Waals surface area (Å²) in [6.07, 6.45) is 35.6. The Morgan fingerprint density at radius 2 is 1.03 bits per heavy atom. The fourth-order valence-electron chi connectivity index (χ4n) is 8.86. The van der Waals surface area contributed by atoms with Gasteiger partial charge in [0, 0.05) is 24.2 Å². The number of hydrogen-bond donors (Lipinski definition) is 0. The summed E-state index contributed by atoms with van der Waals surface area (Å²) in [5, 5.41) is 0. The number of allylic oxidation sites excluding steroid dienone is 4. The molecule has 0 aromatic heterocycles. The fourth-order valence-corrected chi connectivity index (χ4v) is 8.86. The summed E-state index contributed by atoms with van der Waals surface area (Å²) in [6.45, 7) is 8.75. The Morgan fingerprint density at radius 3 is 1.78 bits per heavy atom. The van der Waals surface area contributed by atoms with Gasteiger partial charge in [-0.3, -0.25) is 0 Å². The van der Waals surface area contributed by atoms with Crippen molar-refractivity contribution in [1.29, 1.82) is 0 Å². The number of rotatable bonds is 0. The summed E-state index contributed by atoms with van der Waals surface area (Å²) < 4.78 is 2.76. The monoisotopic (exact) mass is 498 g/mol. The van der Waals surface area contributed by atoms with Gasteiger partial charge in [-0.2, -0.15) is 0 Å². The first-order valence-corrected chi connectivity index (χ1v) is 16.5. The molecule has 2 heteroatoms. The van der Waals surface area contributed by atoms with E-state index >= 15 is 0 Å². The van der Waals surface area contributed by atoms with Crippen LogP contribution in [0.2, 0.25) is 0 Å². The van der Waals surface area contributed by atoms with Crippen molar-refractivity contribution in [2.24, 2.45) is 23.7 Å². The molecule has 0 aromatic rings. The van der Waals surface area contributed by atoms with Gasteiger partial charge in [0.2, 0.25) is 0 Å². The van der Waals surface area contributed by atoms with Crippen LogP contribution in [0.25, 0.3) is 0 Å². The summed E-state index contributed by atoms with van der Waals surface area (Å²) in [5.74, 6) is 3.93. The maximum Gasteiger partial charge on any atom is 0.0816 e. The second-order valence-electron chi connectivity index (χ2n) is 14.2. The summed E-state index contributed by atoms with van der Waals surface area (Å²) in [5.41, 5.74) is 0. The Balaban J connectivity index is 1.54. The SMILES string of the molecule is C[N+]12CCCC/C=C\CCCC[C@H]3C[C@@H]4C[N+](C)(CCCCCC/C=C\CCCC[C@H](C1)[C@@H]4CC2)C3. The van der Waals surface area contributed by atoms with Crippen molar-refractivity contribution < 1.29 is 8.97 Å². The Hall–Kier alpha value is -0.600. The number of fused-ring (bicyclic) bond motifs is 10. The third kappa shape index (κ3) is 9.00. The van der Waals surface area contributed by atoms with Crippen LogP contribution in [0, 0.1) is 23.7 Å². The highest BCUT2D eigenvalue weighted by Crippen LogP contribution is 2.43. The molecule has 6 bridgehead atoms. The second kappa shape index (κ2) is 14.5. The van der Waals surface area contributed by atoms with E-state index < -0.39 is 0 Å². The van der Waals surface area contributed by atoms with Gasteiger partial charge in [0.25, 0.3) is 0 Å². The van der Waals surface area contributed by atoms with Crippen molar-refractivity contribution >= 4 is 0 Å². The van der Waals surface area contributed by atoms with Crippen LogP contribution in [0.5, 0.6) is 0 Å². The van der Waals surface area contributed by atoms with E-state index in [-0.39, 0.29) is 0 Å². The maximum absolute atomic E-state index is 2.67. The quantitative estimate of drug-likeness (QED) is 0.232. The van der Waals surface area contributed by atoms with Crippen molar-refractivity contribution in [3.8, 4) is 0 Å². The highest BCUT2D eigenvalue weighted by Gasteiger charge is 2.46. The Kier molecular flexibility index (Phi) is 11.5. The average Bonchev–Trinajstić information content (AvgIpc) is 2.85. The molecule has 0 spiro atoms. The predicted molar refractivity (Wildman–Crippen MR) is 157 cm³/mol. The van der Waals surface area contributed by atoms with E-state index in [4.69, 9.17) is 0 Å². The lowest BCUT2D eigenvalue weighted by molar-refractivity contribution is -0.927. The van der Waals surface area contributed by atoms with Gasteiger partial charge in [-0.15, -0.1) is 0 Å². The fraction of sp³-hybridized carbons (Fsp3) is 0.882. The zero-order valence-corrected chi connectivity index (χ0v) is 24.5. The Labute approximate surface area is 225 Å². The largest absolute Gasteiger partial charge is 0.326 e. The first-order chi connectivity index (χ1) is 17.6. The molecule has 0 aromatic carbocycles. The van der Waals surface area contributed by atoms with Crippen LogP contribution < -0.4 is 0 Å². The normalized spacial score (nSPS) is 42.4. The van der Waals surface area contributed by atoms with E-state index in [1.54, 1.807) is 6.42 Å². The van der Waals surface area contributed by atoms with Gasteiger partial charge in [0.15, 0.2) is 0 Å². The van der Waals surface area contributed by atoms with Crippen LogP contribution in [0.4, 0.5) is 0 Å². The minimum Gasteiger partial charge on any atom is -0.326 e. The molecule has 5 aliphatic rings. The third-order valence-corrected chi connectivity index (χ3v) is 10.8. The summed E-state index contributed by atoms with van der Waals surface area (Å²) in [4.78, 5) is 0. The van der Waals surface area contributed by atoms with Crippen molar-refractivity contribution in [3.05, 3.63) is 24.3 Å². The van der Waals surface area contributed by atoms with Crippen molar-refractivity contribution in [3.63, 3.8) is 0 Å². The molecule has 5 aliphatic heterocycles. The number of quaternary nitrogens is 2. The molecule has 0 aliphatic carbocycles. The van der Waals surface area contributed by atoms with Crippen molar-refractivity contribution in [2.45, 2.75) is 116 Å². The predicted octanol–water partition coefficient (Wildman–Crippen LogP) is 8.53. The highest BCUT2D eigenvalue weighted by atomic mass is 15.3. The molecule has 206 valence electrons. The summed E-state index contributed by atoms with van der Waals surface area (Å²) >= 11 is 0. The molecular weight excluding hydrogens is 436 g/mol. The second-order valence-corrected chi connectivity index (χ2v) is 14.2. The van der Waals surface area contributed by atoms with Crippen molar-refractivity contribution in [1.82, 2.24) is 0 Å². The molecule has 6 atom stereocenters. The summed E-state index contributed by atoms with van der Waals surface area (Å²) in [6, 6.07) is 0. The summed E-state index contributed by atoms with van der Waals surface area (Å²) in [7, 11) is 5.29. The van der Waals surface area contributed by atoms with E-state index in [2.05, 4.69) is 38.4 Å². The standard InChI is InChI=1S/C34H62N2/c1-35-24-19-15-11-8-6-9-13-17-21-31-27-33-30-36(2,28-31)25-20-16-12-7-4-3-5-10-14-18-22-32(29-35)34(33)23-26-35/h3,5-6,8,31-34H,4,7,9-30H2,1-2H3/q+2/b5-3-,8-6-/t31-,32+,33+,34-,35?,36?/m0/s1. The third-order valence-electron chi connectivity index (χ3n) is 10.8. The maximum atomic E-state index is 2.67. The molecule has 0 N–H and O–H groups in total. The van der Waals surface area contributed by atoms with Crippen molar-refractivity contribution in [2.75, 3.05) is 53.4 Å². The van der Waals surface area contributed by atoms with Crippen LogP contribution in [-0.2, 0) is 0 Å². The molecule has 36 heavy (non-hydrogen) atoms. The van der Waals surface area contributed by atoms with Crippen LogP contribution in [0.15, 0.2) is 24.3 Å². The van der Waals surface area contributed by atoms with E-state index in [0.717, 1.165) is 23.7 Å². The van der Waals surface area contributed by atoms with Crippen LogP contribution in [0.1, 0.15) is 116 Å². The molecule has 0 saturated carbocycles. The molecule has 0 amide bonds. The number of nitrogens with zero attached hydrogens (tertiary/aromatic N) is 2. The van der Waals surface area contributed by atoms with E-state index in [1.165, 1.54) is 157 Å². The zero-order chi connectivity index (χ0) is 25.1. The Bertz CT molecular complexity index is 683. The van der Waals surface area contributed by atoms with E-state index in [1.807, 2.05) is 0 Å². The zero-order valence-electron chi connectivity index (χ0n) is 24.5. The highest BCUT2D eigenvalue weighted by molar-refractivity contribution is 4.87. The van der Waals surface area contributed by atoms with Gasteiger partial charge >= 0.3 is 0 Å². The molecule has 5 heterocycles. The van der Waals surface area contributed by atoms with Gasteiger partial charge in [0.1, 0.15) is 0 Å². The molecular formula is C34H62N2+2. The molecule has 5 rings (SSSR count). The van der Waals surface area contributed by atoms with Gasteiger partial charge in [-0.25, -0.2) is 0 Å². The first-order valence-electron chi connectivity index (χ1n) is 16.5. The smallest absolute Gasteiger partial charge is 0.0816 e. The van der Waals surface area contributed by atoms with Crippen LogP contribution >= 0.6 is 0 Å². The number of piperidine rings is 2. The first kappa shape index (κ1) is 28.4. The molecule has 2 fully saturated rings. The van der Waals surface area contributed by atoms with Gasteiger partial charge < -0.3 is 8.97 Å². The lowest BCUT2D eigenvalue weighted by Gasteiger charge is -2.52. The average molecular weight is 499 g/mol. The lowest BCUT2D eigenvalue weighted by atomic mass is 9.68. The molecule has 2 unspecified atom stereocenters. The van der Waals surface area contributed by atoms with E-state index in [9.17, 15) is 0 Å². The Morgan fingerprint density at radius 1 is 0.472 bits per heavy atom. The molecule has 2 nitrogen and oxygen atoms in total. The van der Waals surface area contributed by atoms with E-state index in [0.29, 0.717) is 0 Å². The topological polar surface area (TPSA) is 0 Å². The van der Waals surface area contributed by atoms with Gasteiger partial charge in [-0.05, 0) is 95.8 Å². The molecule has 2 saturated heterocycles. The van der Waals surface area contributed by atoms with Crippen LogP contribution in [-0.4, -0.2) is 62.3 Å².